The Balaban J connectivity index is 1.54. The molecule has 0 atom stereocenters. The molecule has 0 saturated carbocycles. The summed E-state index contributed by atoms with van der Waals surface area (Å²) < 4.78 is 0. The molecule has 6 heteroatoms. The van der Waals surface area contributed by atoms with Crippen LogP contribution in [0.1, 0.15) is 74.2 Å². The van der Waals surface area contributed by atoms with Crippen molar-refractivity contribution in [2.75, 3.05) is 24.5 Å². The highest BCUT2D eigenvalue weighted by Gasteiger charge is 2.24. The molecule has 6 nitrogen and oxygen atoms in total. The molecule has 3 rings (SSSR count). The van der Waals surface area contributed by atoms with Crippen molar-refractivity contribution in [2.24, 2.45) is 5.73 Å². The number of nitrogens with one attached hydrogen (secondary N) is 1. The molecule has 1 heterocycles. The summed E-state index contributed by atoms with van der Waals surface area (Å²) in [5.41, 5.74) is 8.14. The molecule has 1 fully saturated rings. The number of para-hydroxylation sites is 1. The van der Waals surface area contributed by atoms with Crippen LogP contribution in [0.25, 0.3) is 0 Å². The summed E-state index contributed by atoms with van der Waals surface area (Å²) in [5.74, 6) is -0.133. The molecule has 34 heavy (non-hydrogen) atoms. The van der Waals surface area contributed by atoms with Gasteiger partial charge in [-0.05, 0) is 37.0 Å². The molecule has 1 aliphatic rings. The number of amides is 3. The number of likely N-dealkylation sites (tertiary alicyclic amines) is 1. The Kier molecular flexibility index (Phi) is 10.4. The fraction of sp³-hybridized carbons (Fsp3) is 0.500. The van der Waals surface area contributed by atoms with Crippen molar-refractivity contribution in [3.63, 3.8) is 0 Å². The molecular formula is C28H40N4O2. The van der Waals surface area contributed by atoms with E-state index in [1.165, 1.54) is 24.8 Å². The van der Waals surface area contributed by atoms with Crippen LogP contribution in [0.4, 0.5) is 10.5 Å². The number of benzene rings is 2. The Bertz CT molecular complexity index is 894. The molecule has 1 aliphatic heterocycles. The molecule has 0 radical (unpaired) electrons. The lowest BCUT2D eigenvalue weighted by Crippen LogP contribution is -2.45. The lowest BCUT2D eigenvalue weighted by Gasteiger charge is -2.32. The van der Waals surface area contributed by atoms with Crippen LogP contribution in [0.3, 0.4) is 0 Å². The van der Waals surface area contributed by atoms with Gasteiger partial charge in [-0.25, -0.2) is 4.79 Å². The van der Waals surface area contributed by atoms with E-state index < -0.39 is 6.03 Å². The van der Waals surface area contributed by atoms with Crippen LogP contribution in [-0.2, 0) is 6.54 Å². The van der Waals surface area contributed by atoms with Crippen LogP contribution in [0, 0.1) is 0 Å². The number of nitrogens with two attached hydrogens (primary N) is 1. The summed E-state index contributed by atoms with van der Waals surface area (Å²) >= 11 is 0. The smallest absolute Gasteiger partial charge is 0.319 e. The first-order valence-electron chi connectivity index (χ1n) is 12.8. The molecule has 0 aliphatic carbocycles. The van der Waals surface area contributed by atoms with Crippen LogP contribution in [-0.4, -0.2) is 42.5 Å². The number of hydrogen-bond acceptors (Lipinski definition) is 3. The maximum Gasteiger partial charge on any atom is 0.319 e. The van der Waals surface area contributed by atoms with Crippen LogP contribution in [0.5, 0.6) is 0 Å². The van der Waals surface area contributed by atoms with Gasteiger partial charge in [0.2, 0.25) is 0 Å². The van der Waals surface area contributed by atoms with E-state index >= 15 is 0 Å². The van der Waals surface area contributed by atoms with E-state index in [4.69, 9.17) is 5.73 Å². The van der Waals surface area contributed by atoms with Gasteiger partial charge in [0, 0.05) is 32.2 Å². The zero-order valence-corrected chi connectivity index (χ0v) is 20.5. The molecule has 2 aromatic rings. The first kappa shape index (κ1) is 25.8. The average molecular weight is 465 g/mol. The van der Waals surface area contributed by atoms with Crippen molar-refractivity contribution in [2.45, 2.75) is 70.9 Å². The topological polar surface area (TPSA) is 78.7 Å². The van der Waals surface area contributed by atoms with Crippen molar-refractivity contribution >= 4 is 17.6 Å². The van der Waals surface area contributed by atoms with E-state index in [0.717, 1.165) is 51.7 Å². The van der Waals surface area contributed by atoms with Gasteiger partial charge in [0.1, 0.15) is 0 Å². The van der Waals surface area contributed by atoms with Gasteiger partial charge in [-0.1, -0.05) is 81.5 Å². The van der Waals surface area contributed by atoms with Gasteiger partial charge in [0.05, 0.1) is 11.3 Å². The number of rotatable bonds is 12. The summed E-state index contributed by atoms with van der Waals surface area (Å²) in [6.45, 7) is 5.57. The normalized spacial score (nSPS) is 14.6. The minimum Gasteiger partial charge on any atom is -0.351 e. The second-order valence-electron chi connectivity index (χ2n) is 9.28. The quantitative estimate of drug-likeness (QED) is 0.417. The average Bonchev–Trinajstić information content (AvgIpc) is 2.85. The van der Waals surface area contributed by atoms with Gasteiger partial charge < -0.3 is 11.1 Å². The van der Waals surface area contributed by atoms with Crippen molar-refractivity contribution in [1.82, 2.24) is 10.2 Å². The Labute approximate surface area is 204 Å². The van der Waals surface area contributed by atoms with Crippen LogP contribution in [0.15, 0.2) is 54.6 Å². The van der Waals surface area contributed by atoms with Crippen LogP contribution >= 0.6 is 0 Å². The highest BCUT2D eigenvalue weighted by molar-refractivity contribution is 6.04. The zero-order chi connectivity index (χ0) is 24.2. The maximum atomic E-state index is 13.2. The van der Waals surface area contributed by atoms with E-state index in [0.29, 0.717) is 17.8 Å². The summed E-state index contributed by atoms with van der Waals surface area (Å²) in [6, 6.07) is 17.4. The highest BCUT2D eigenvalue weighted by atomic mass is 16.2. The molecule has 0 spiro atoms. The van der Waals surface area contributed by atoms with E-state index in [-0.39, 0.29) is 11.9 Å². The third-order valence-electron chi connectivity index (χ3n) is 6.61. The third-order valence-corrected chi connectivity index (χ3v) is 6.61. The van der Waals surface area contributed by atoms with E-state index in [1.807, 2.05) is 24.3 Å². The Hall–Kier alpha value is -2.86. The standard InChI is InChI=1S/C28H40N4O2/c1-2-3-4-5-6-12-19-32(28(29)34)26-16-11-10-15-25(26)27(33)30-24-17-20-31(21-18-24)22-23-13-8-7-9-14-23/h7-11,13-16,24H,2-6,12,17-22H2,1H3,(H2,29,34)(H,30,33). The number of nitrogens with zero attached hydrogens (tertiary/aromatic N) is 2. The maximum absolute atomic E-state index is 13.2. The summed E-state index contributed by atoms with van der Waals surface area (Å²) in [7, 11) is 0. The monoisotopic (exact) mass is 464 g/mol. The Morgan fingerprint density at radius 1 is 0.941 bits per heavy atom. The minimum atomic E-state index is -0.511. The Morgan fingerprint density at radius 2 is 1.59 bits per heavy atom. The van der Waals surface area contributed by atoms with Gasteiger partial charge in [-0.3, -0.25) is 14.6 Å². The number of unbranched alkanes of at least 4 members (excludes halogenated alkanes) is 5. The number of primary amides is 1. The van der Waals surface area contributed by atoms with Gasteiger partial charge in [0.15, 0.2) is 0 Å². The molecule has 184 valence electrons. The number of hydrogen-bond donors (Lipinski definition) is 2. The third kappa shape index (κ3) is 7.87. The van der Waals surface area contributed by atoms with E-state index in [1.54, 1.807) is 11.0 Å². The molecule has 2 aromatic carbocycles. The van der Waals surface area contributed by atoms with Gasteiger partial charge >= 0.3 is 6.03 Å². The molecule has 0 aromatic heterocycles. The lowest BCUT2D eigenvalue weighted by molar-refractivity contribution is 0.0909. The van der Waals surface area contributed by atoms with Crippen molar-refractivity contribution in [3.8, 4) is 0 Å². The predicted molar refractivity (Wildman–Crippen MR) is 139 cm³/mol. The summed E-state index contributed by atoms with van der Waals surface area (Å²) in [6.07, 6.45) is 8.59. The number of carbonyl (C=O) groups excluding carboxylic acids is 2. The largest absolute Gasteiger partial charge is 0.351 e. The predicted octanol–water partition coefficient (Wildman–Crippen LogP) is 5.33. The highest BCUT2D eigenvalue weighted by Crippen LogP contribution is 2.22. The molecule has 3 N–H and O–H groups in total. The minimum absolute atomic E-state index is 0.133. The fourth-order valence-electron chi connectivity index (χ4n) is 4.64. The van der Waals surface area contributed by atoms with Gasteiger partial charge in [-0.2, -0.15) is 0 Å². The SMILES string of the molecule is CCCCCCCCN(C(N)=O)c1ccccc1C(=O)NC1CCN(Cc2ccccc2)CC1. The summed E-state index contributed by atoms with van der Waals surface area (Å²) in [4.78, 5) is 29.4. The lowest BCUT2D eigenvalue weighted by atomic mass is 10.0. The molecule has 3 amide bonds. The molecule has 0 unspecified atom stereocenters. The first-order valence-corrected chi connectivity index (χ1v) is 12.8. The number of piperidine rings is 1. The van der Waals surface area contributed by atoms with Crippen LogP contribution < -0.4 is 16.0 Å². The number of anilines is 1. The number of carbonyl (C=O) groups is 2. The summed E-state index contributed by atoms with van der Waals surface area (Å²) in [5, 5.41) is 3.20. The molecule has 0 bridgehead atoms. The van der Waals surface area contributed by atoms with E-state index in [2.05, 4.69) is 41.4 Å². The second-order valence-corrected chi connectivity index (χ2v) is 9.28. The Morgan fingerprint density at radius 3 is 2.29 bits per heavy atom. The zero-order valence-electron chi connectivity index (χ0n) is 20.5. The van der Waals surface area contributed by atoms with Crippen molar-refractivity contribution in [3.05, 3.63) is 65.7 Å². The first-order chi connectivity index (χ1) is 16.6. The van der Waals surface area contributed by atoms with Gasteiger partial charge in [0.25, 0.3) is 5.91 Å². The van der Waals surface area contributed by atoms with E-state index in [9.17, 15) is 9.59 Å². The second kappa shape index (κ2) is 13.8. The fourth-order valence-corrected chi connectivity index (χ4v) is 4.64. The molecule has 1 saturated heterocycles. The van der Waals surface area contributed by atoms with Crippen LogP contribution in [0.2, 0.25) is 0 Å². The van der Waals surface area contributed by atoms with Crippen molar-refractivity contribution in [1.29, 1.82) is 0 Å². The molecular weight excluding hydrogens is 424 g/mol. The van der Waals surface area contributed by atoms with Crippen molar-refractivity contribution < 1.29 is 9.59 Å². The number of urea groups is 1. The van der Waals surface area contributed by atoms with Gasteiger partial charge in [-0.15, -0.1) is 0 Å².